The number of carbonyl (C=O) groups excluding carboxylic acids is 2. The Bertz CT molecular complexity index is 1760. The van der Waals surface area contributed by atoms with E-state index in [4.69, 9.17) is 0 Å². The molecule has 0 saturated heterocycles. The Balaban J connectivity index is 1.84. The molecule has 0 aliphatic rings. The van der Waals surface area contributed by atoms with Crippen LogP contribution in [-0.4, -0.2) is 44.3 Å². The lowest BCUT2D eigenvalue weighted by atomic mass is 10.0. The number of nitrogens with zero attached hydrogens (tertiary/aromatic N) is 2. The second-order valence-electron chi connectivity index (χ2n) is 10.9. The topological polar surface area (TPSA) is 86.8 Å². The van der Waals surface area contributed by atoms with Gasteiger partial charge in [-0.05, 0) is 67.8 Å². The van der Waals surface area contributed by atoms with Gasteiger partial charge in [-0.2, -0.15) is 13.2 Å². The molecule has 2 amide bonds. The molecule has 0 aliphatic carbocycles. The van der Waals surface area contributed by atoms with E-state index < -0.39 is 46.2 Å². The third-order valence-corrected chi connectivity index (χ3v) is 9.36. The highest BCUT2D eigenvalue weighted by atomic mass is 32.2. The summed E-state index contributed by atoms with van der Waals surface area (Å²) in [6.45, 7) is 4.76. The number of sulfonamides is 1. The third kappa shape index (κ3) is 8.33. The maximum absolute atomic E-state index is 14.4. The van der Waals surface area contributed by atoms with Crippen LogP contribution >= 0.6 is 0 Å². The van der Waals surface area contributed by atoms with Crippen LogP contribution in [0.1, 0.15) is 34.7 Å². The van der Waals surface area contributed by atoms with Crippen LogP contribution in [-0.2, 0) is 38.8 Å². The van der Waals surface area contributed by atoms with E-state index >= 15 is 0 Å². The molecule has 0 spiro atoms. The number of amides is 2. The first kappa shape index (κ1) is 34.2. The maximum atomic E-state index is 14.4. The van der Waals surface area contributed by atoms with E-state index in [0.717, 1.165) is 34.4 Å². The number of anilines is 1. The highest BCUT2D eigenvalue weighted by molar-refractivity contribution is 7.92. The minimum atomic E-state index is -4.75. The van der Waals surface area contributed by atoms with Crippen molar-refractivity contribution in [1.82, 2.24) is 10.2 Å². The van der Waals surface area contributed by atoms with Crippen LogP contribution < -0.4 is 9.62 Å². The number of carbonyl (C=O) groups is 2. The normalized spacial score (nSPS) is 12.3. The lowest BCUT2D eigenvalue weighted by Gasteiger charge is -2.34. The van der Waals surface area contributed by atoms with Crippen molar-refractivity contribution in [2.75, 3.05) is 17.4 Å². The standard InChI is InChI=1S/C35H36F3N3O4S/c1-4-39-34(43)32(21-27-12-6-5-7-13-27)40(23-28-14-9-8-11-26(28)3)33(42)24-41(30-16-10-15-29(22-30)35(36,37)38)46(44,45)31-19-17-25(2)18-20-31/h5-20,22,32H,4,21,23-24H2,1-3H3,(H,39,43)/t32-/m1/s1. The van der Waals surface area contributed by atoms with E-state index in [0.29, 0.717) is 10.4 Å². The maximum Gasteiger partial charge on any atom is 0.416 e. The Morgan fingerprint density at radius 2 is 1.50 bits per heavy atom. The highest BCUT2D eigenvalue weighted by Crippen LogP contribution is 2.33. The molecule has 11 heteroatoms. The minimum Gasteiger partial charge on any atom is -0.355 e. The fraction of sp³-hybridized carbons (Fsp3) is 0.257. The molecule has 46 heavy (non-hydrogen) atoms. The number of alkyl halides is 3. The molecule has 4 aromatic carbocycles. The first-order valence-electron chi connectivity index (χ1n) is 14.7. The predicted molar refractivity (Wildman–Crippen MR) is 172 cm³/mol. The van der Waals surface area contributed by atoms with Crippen LogP contribution in [0.3, 0.4) is 0 Å². The van der Waals surface area contributed by atoms with Gasteiger partial charge in [0, 0.05) is 19.5 Å². The fourth-order valence-electron chi connectivity index (χ4n) is 5.02. The summed E-state index contributed by atoms with van der Waals surface area (Å²) in [6.07, 6.45) is -4.63. The van der Waals surface area contributed by atoms with Crippen molar-refractivity contribution in [3.63, 3.8) is 0 Å². The van der Waals surface area contributed by atoms with Crippen molar-refractivity contribution in [2.45, 2.75) is 50.9 Å². The SMILES string of the molecule is CCNC(=O)[C@@H](Cc1ccccc1)N(Cc1ccccc1C)C(=O)CN(c1cccc(C(F)(F)F)c1)S(=O)(=O)c1ccc(C)cc1. The van der Waals surface area contributed by atoms with E-state index in [2.05, 4.69) is 5.32 Å². The van der Waals surface area contributed by atoms with Gasteiger partial charge < -0.3 is 10.2 Å². The Hall–Kier alpha value is -4.64. The Morgan fingerprint density at radius 3 is 2.13 bits per heavy atom. The summed E-state index contributed by atoms with van der Waals surface area (Å²) in [6, 6.07) is 25.0. The van der Waals surface area contributed by atoms with Gasteiger partial charge >= 0.3 is 6.18 Å². The number of aryl methyl sites for hydroxylation is 2. The zero-order chi connectivity index (χ0) is 33.5. The van der Waals surface area contributed by atoms with Crippen molar-refractivity contribution < 1.29 is 31.2 Å². The number of benzene rings is 4. The number of hydrogen-bond acceptors (Lipinski definition) is 4. The van der Waals surface area contributed by atoms with Gasteiger partial charge in [-0.3, -0.25) is 13.9 Å². The second-order valence-corrected chi connectivity index (χ2v) is 12.8. The lowest BCUT2D eigenvalue weighted by Crippen LogP contribution is -2.53. The summed E-state index contributed by atoms with van der Waals surface area (Å²) in [5, 5.41) is 2.78. The van der Waals surface area contributed by atoms with Gasteiger partial charge in [-0.1, -0.05) is 78.4 Å². The quantitative estimate of drug-likeness (QED) is 0.195. The van der Waals surface area contributed by atoms with Crippen molar-refractivity contribution in [3.8, 4) is 0 Å². The molecule has 1 N–H and O–H groups in total. The van der Waals surface area contributed by atoms with E-state index in [-0.39, 0.29) is 30.1 Å². The van der Waals surface area contributed by atoms with Gasteiger partial charge in [0.1, 0.15) is 12.6 Å². The first-order valence-corrected chi connectivity index (χ1v) is 16.2. The molecule has 4 rings (SSSR count). The van der Waals surface area contributed by atoms with Crippen molar-refractivity contribution in [2.24, 2.45) is 0 Å². The molecule has 7 nitrogen and oxygen atoms in total. The molecule has 0 bridgehead atoms. The third-order valence-electron chi connectivity index (χ3n) is 7.57. The zero-order valence-corrected chi connectivity index (χ0v) is 26.6. The number of nitrogens with one attached hydrogen (secondary N) is 1. The van der Waals surface area contributed by atoms with Gasteiger partial charge in [-0.25, -0.2) is 8.42 Å². The Kier molecular flexibility index (Phi) is 10.9. The number of rotatable bonds is 12. The number of likely N-dealkylation sites (N-methyl/N-ethyl adjacent to an activating group) is 1. The second kappa shape index (κ2) is 14.6. The van der Waals surface area contributed by atoms with Crippen LogP contribution in [0.25, 0.3) is 0 Å². The fourth-order valence-corrected chi connectivity index (χ4v) is 6.43. The summed E-state index contributed by atoms with van der Waals surface area (Å²) in [4.78, 5) is 29.1. The molecule has 0 unspecified atom stereocenters. The van der Waals surface area contributed by atoms with E-state index in [1.165, 1.54) is 23.1 Å². The monoisotopic (exact) mass is 651 g/mol. The minimum absolute atomic E-state index is 0.0405. The van der Waals surface area contributed by atoms with Gasteiger partial charge in [-0.15, -0.1) is 0 Å². The van der Waals surface area contributed by atoms with Crippen LogP contribution in [0.5, 0.6) is 0 Å². The van der Waals surface area contributed by atoms with Crippen LogP contribution in [0, 0.1) is 13.8 Å². The van der Waals surface area contributed by atoms with E-state index in [1.54, 1.807) is 50.2 Å². The van der Waals surface area contributed by atoms with E-state index in [9.17, 15) is 31.2 Å². The van der Waals surface area contributed by atoms with Gasteiger partial charge in [0.05, 0.1) is 16.1 Å². The highest BCUT2D eigenvalue weighted by Gasteiger charge is 2.36. The average molecular weight is 652 g/mol. The zero-order valence-electron chi connectivity index (χ0n) is 25.8. The lowest BCUT2D eigenvalue weighted by molar-refractivity contribution is -0.140. The molecule has 4 aromatic rings. The van der Waals surface area contributed by atoms with Gasteiger partial charge in [0.15, 0.2) is 0 Å². The van der Waals surface area contributed by atoms with E-state index in [1.807, 2.05) is 37.3 Å². The smallest absolute Gasteiger partial charge is 0.355 e. The van der Waals surface area contributed by atoms with Crippen molar-refractivity contribution in [3.05, 3.63) is 131 Å². The predicted octanol–water partition coefficient (Wildman–Crippen LogP) is 6.29. The van der Waals surface area contributed by atoms with Crippen LogP contribution in [0.2, 0.25) is 0 Å². The van der Waals surface area contributed by atoms with Gasteiger partial charge in [0.25, 0.3) is 10.0 Å². The molecule has 0 saturated carbocycles. The molecule has 0 aliphatic heterocycles. The van der Waals surface area contributed by atoms with Crippen LogP contribution in [0.4, 0.5) is 18.9 Å². The molecule has 0 aromatic heterocycles. The largest absolute Gasteiger partial charge is 0.416 e. The molecule has 0 fully saturated rings. The Morgan fingerprint density at radius 1 is 0.848 bits per heavy atom. The summed E-state index contributed by atoms with van der Waals surface area (Å²) < 4.78 is 70.1. The molecular formula is C35H36F3N3O4S. The Labute approximate surface area is 267 Å². The van der Waals surface area contributed by atoms with Gasteiger partial charge in [0.2, 0.25) is 11.8 Å². The van der Waals surface area contributed by atoms with Crippen molar-refractivity contribution in [1.29, 1.82) is 0 Å². The van der Waals surface area contributed by atoms with Crippen LogP contribution in [0.15, 0.2) is 108 Å². The molecule has 1 atom stereocenters. The summed E-state index contributed by atoms with van der Waals surface area (Å²) in [7, 11) is -4.54. The summed E-state index contributed by atoms with van der Waals surface area (Å²) in [5.41, 5.74) is 1.71. The molecule has 0 radical (unpaired) electrons. The van der Waals surface area contributed by atoms with Crippen molar-refractivity contribution >= 4 is 27.5 Å². The molecule has 242 valence electrons. The molecular weight excluding hydrogens is 615 g/mol. The molecule has 0 heterocycles. The number of halogens is 3. The average Bonchev–Trinajstić information content (AvgIpc) is 3.02. The summed E-state index contributed by atoms with van der Waals surface area (Å²) in [5.74, 6) is -1.20. The first-order chi connectivity index (χ1) is 21.8. The number of hydrogen-bond donors (Lipinski definition) is 1. The summed E-state index contributed by atoms with van der Waals surface area (Å²) >= 11 is 0.